The number of thiophene rings is 1. The van der Waals surface area contributed by atoms with Crippen LogP contribution in [0.15, 0.2) is 30.3 Å². The molecule has 0 aliphatic carbocycles. The summed E-state index contributed by atoms with van der Waals surface area (Å²) >= 11 is 14.2. The van der Waals surface area contributed by atoms with E-state index in [-0.39, 0.29) is 12.2 Å². The van der Waals surface area contributed by atoms with Gasteiger partial charge in [0, 0.05) is 37.1 Å². The molecule has 0 spiro atoms. The Labute approximate surface area is 236 Å². The third kappa shape index (κ3) is 6.51. The molecule has 8 nitrogen and oxygen atoms in total. The van der Waals surface area contributed by atoms with Gasteiger partial charge in [-0.05, 0) is 49.6 Å². The fourth-order valence-electron chi connectivity index (χ4n) is 4.18. The summed E-state index contributed by atoms with van der Waals surface area (Å²) in [6.45, 7) is 3.52. The lowest BCUT2D eigenvalue weighted by molar-refractivity contribution is 0.0742. The number of nitrogens with zero attached hydrogens (tertiary/aromatic N) is 4. The highest BCUT2D eigenvalue weighted by Gasteiger charge is 2.29. The maximum absolute atomic E-state index is 13.6. The van der Waals surface area contributed by atoms with Crippen LogP contribution < -0.4 is 5.43 Å². The van der Waals surface area contributed by atoms with Crippen molar-refractivity contribution in [1.82, 2.24) is 25.1 Å². The van der Waals surface area contributed by atoms with E-state index in [1.54, 1.807) is 22.9 Å². The largest absolute Gasteiger partial charge is 0.465 e. The first-order valence-electron chi connectivity index (χ1n) is 12.4. The number of carbonyl (C=O) groups excluding carboxylic acids is 1. The number of halogens is 2. The lowest BCUT2D eigenvalue weighted by Gasteiger charge is -2.26. The molecule has 2 N–H and O–H groups in total. The SMILES string of the molecule is CCCC#Cc1ccc(-c2c(CN(C)C(=O)O)c(C(=O)NN3CCCCC3)nn2-c2ccc(Cl)cc2Cl)s1. The third-order valence-electron chi connectivity index (χ3n) is 6.10. The number of hydrogen-bond donors (Lipinski definition) is 2. The average molecular weight is 575 g/mol. The summed E-state index contributed by atoms with van der Waals surface area (Å²) < 4.78 is 1.60. The van der Waals surface area contributed by atoms with Crippen molar-refractivity contribution in [3.8, 4) is 28.1 Å². The first-order chi connectivity index (χ1) is 18.3. The zero-order chi connectivity index (χ0) is 27.2. The van der Waals surface area contributed by atoms with Gasteiger partial charge < -0.3 is 10.0 Å². The highest BCUT2D eigenvalue weighted by molar-refractivity contribution is 7.16. The number of nitrogens with one attached hydrogen (secondary N) is 1. The van der Waals surface area contributed by atoms with Gasteiger partial charge in [-0.25, -0.2) is 14.5 Å². The van der Waals surface area contributed by atoms with Gasteiger partial charge in [0.1, 0.15) is 0 Å². The van der Waals surface area contributed by atoms with Crippen LogP contribution in [0, 0.1) is 11.8 Å². The average Bonchev–Trinajstić information content (AvgIpc) is 3.49. The Morgan fingerprint density at radius 2 is 1.95 bits per heavy atom. The number of carbonyl (C=O) groups is 2. The van der Waals surface area contributed by atoms with Crippen molar-refractivity contribution in [1.29, 1.82) is 0 Å². The number of rotatable bonds is 7. The van der Waals surface area contributed by atoms with Crippen molar-refractivity contribution in [2.45, 2.75) is 45.6 Å². The molecule has 1 aliphatic heterocycles. The van der Waals surface area contributed by atoms with E-state index in [0.29, 0.717) is 27.0 Å². The van der Waals surface area contributed by atoms with Crippen molar-refractivity contribution in [3.63, 3.8) is 0 Å². The van der Waals surface area contributed by atoms with Crippen LogP contribution in [0.25, 0.3) is 16.3 Å². The lowest BCUT2D eigenvalue weighted by Crippen LogP contribution is -2.45. The molecule has 1 saturated heterocycles. The zero-order valence-electron chi connectivity index (χ0n) is 21.3. The van der Waals surface area contributed by atoms with Crippen LogP contribution in [0.5, 0.6) is 0 Å². The van der Waals surface area contributed by atoms with Gasteiger partial charge in [0.05, 0.1) is 32.7 Å². The number of aromatic nitrogens is 2. The molecule has 1 aliphatic rings. The minimum atomic E-state index is -1.12. The van der Waals surface area contributed by atoms with Crippen molar-refractivity contribution in [2.75, 3.05) is 20.1 Å². The molecule has 2 amide bonds. The predicted octanol–water partition coefficient (Wildman–Crippen LogP) is 6.30. The minimum Gasteiger partial charge on any atom is -0.465 e. The summed E-state index contributed by atoms with van der Waals surface area (Å²) in [5, 5.41) is 17.1. The lowest BCUT2D eigenvalue weighted by atomic mass is 10.1. The fraction of sp³-hybridized carbons (Fsp3) is 0.370. The van der Waals surface area contributed by atoms with Gasteiger partial charge in [-0.1, -0.05) is 48.4 Å². The molecule has 200 valence electrons. The van der Waals surface area contributed by atoms with Gasteiger partial charge >= 0.3 is 6.09 Å². The Hall–Kier alpha value is -3.03. The Balaban J connectivity index is 1.89. The van der Waals surface area contributed by atoms with Crippen molar-refractivity contribution in [3.05, 3.63) is 56.5 Å². The Morgan fingerprint density at radius 3 is 2.63 bits per heavy atom. The second kappa shape index (κ2) is 12.7. The summed E-state index contributed by atoms with van der Waals surface area (Å²) in [5.74, 6) is 5.94. The van der Waals surface area contributed by atoms with Gasteiger partial charge in [-0.2, -0.15) is 5.10 Å². The van der Waals surface area contributed by atoms with Crippen molar-refractivity contribution < 1.29 is 14.7 Å². The number of hydrazine groups is 1. The topological polar surface area (TPSA) is 90.7 Å². The van der Waals surface area contributed by atoms with E-state index in [1.165, 1.54) is 18.4 Å². The fourth-order valence-corrected chi connectivity index (χ4v) is 5.60. The number of amides is 2. The number of unbranched alkanes of at least 4 members (excludes halogenated alkanes) is 1. The summed E-state index contributed by atoms with van der Waals surface area (Å²) in [6, 6.07) is 8.86. The van der Waals surface area contributed by atoms with Crippen LogP contribution in [0.1, 0.15) is 60.0 Å². The van der Waals surface area contributed by atoms with Gasteiger partial charge in [0.2, 0.25) is 0 Å². The molecular formula is C27H29Cl2N5O3S. The molecule has 38 heavy (non-hydrogen) atoms. The van der Waals surface area contributed by atoms with Crippen LogP contribution in [-0.2, 0) is 6.54 Å². The van der Waals surface area contributed by atoms with E-state index >= 15 is 0 Å². The van der Waals surface area contributed by atoms with Gasteiger partial charge in [0.15, 0.2) is 5.69 Å². The Bertz CT molecular complexity index is 1380. The van der Waals surface area contributed by atoms with E-state index < -0.39 is 12.0 Å². The Morgan fingerprint density at radius 1 is 1.18 bits per heavy atom. The van der Waals surface area contributed by atoms with E-state index in [0.717, 1.165) is 59.8 Å². The molecule has 0 saturated carbocycles. The standard InChI is InChI=1S/C27H29Cl2N5O3S/c1-3-4-6-9-19-11-13-23(38-19)25-20(17-32(2)27(36)37)24(26(35)31-33-14-7-5-8-15-33)30-34(25)22-12-10-18(28)16-21(22)29/h10-13,16H,3-5,7-8,14-15,17H2,1-2H3,(H,31,35)(H,36,37). The molecular weight excluding hydrogens is 545 g/mol. The normalized spacial score (nSPS) is 13.6. The minimum absolute atomic E-state index is 0.0482. The van der Waals surface area contributed by atoms with Crippen molar-refractivity contribution in [2.24, 2.45) is 0 Å². The van der Waals surface area contributed by atoms with Crippen molar-refractivity contribution >= 4 is 46.5 Å². The van der Waals surface area contributed by atoms with Gasteiger partial charge in [0.25, 0.3) is 5.91 Å². The molecule has 0 atom stereocenters. The monoisotopic (exact) mass is 573 g/mol. The van der Waals surface area contributed by atoms with Crippen LogP contribution in [0.2, 0.25) is 10.0 Å². The molecule has 11 heteroatoms. The van der Waals surface area contributed by atoms with E-state index in [4.69, 9.17) is 28.3 Å². The highest BCUT2D eigenvalue weighted by Crippen LogP contribution is 2.37. The van der Waals surface area contributed by atoms with Crippen LogP contribution in [0.3, 0.4) is 0 Å². The Kier molecular flexibility index (Phi) is 9.34. The molecule has 2 aromatic heterocycles. The molecule has 0 radical (unpaired) electrons. The summed E-state index contributed by atoms with van der Waals surface area (Å²) in [6.07, 6.45) is 3.75. The highest BCUT2D eigenvalue weighted by atomic mass is 35.5. The number of benzene rings is 1. The van der Waals surface area contributed by atoms with Gasteiger partial charge in [-0.3, -0.25) is 10.2 Å². The number of piperidine rings is 1. The summed E-state index contributed by atoms with van der Waals surface area (Å²) in [7, 11) is 1.46. The second-order valence-corrected chi connectivity index (χ2v) is 11.0. The van der Waals surface area contributed by atoms with E-state index in [1.807, 2.05) is 17.1 Å². The quantitative estimate of drug-likeness (QED) is 0.324. The van der Waals surface area contributed by atoms with Gasteiger partial charge in [-0.15, -0.1) is 11.3 Å². The molecule has 1 aromatic carbocycles. The van der Waals surface area contributed by atoms with Crippen LogP contribution in [-0.4, -0.2) is 56.9 Å². The number of carboxylic acid groups (broad SMARTS) is 1. The summed E-state index contributed by atoms with van der Waals surface area (Å²) in [5.41, 5.74) is 4.68. The molecule has 0 unspecified atom stereocenters. The van der Waals surface area contributed by atoms with E-state index in [2.05, 4.69) is 24.2 Å². The molecule has 1 fully saturated rings. The second-order valence-electron chi connectivity index (χ2n) is 9.03. The first kappa shape index (κ1) is 28.0. The zero-order valence-corrected chi connectivity index (χ0v) is 23.6. The number of hydrogen-bond acceptors (Lipinski definition) is 5. The predicted molar refractivity (Wildman–Crippen MR) is 151 cm³/mol. The summed E-state index contributed by atoms with van der Waals surface area (Å²) in [4.78, 5) is 28.1. The van der Waals surface area contributed by atoms with Crippen LogP contribution in [0.4, 0.5) is 4.79 Å². The smallest absolute Gasteiger partial charge is 0.407 e. The maximum atomic E-state index is 13.6. The van der Waals surface area contributed by atoms with Crippen LogP contribution >= 0.6 is 34.5 Å². The molecule has 0 bridgehead atoms. The maximum Gasteiger partial charge on any atom is 0.407 e. The van der Waals surface area contributed by atoms with E-state index in [9.17, 15) is 14.7 Å². The molecule has 3 heterocycles. The third-order valence-corrected chi connectivity index (χ3v) is 7.65. The first-order valence-corrected chi connectivity index (χ1v) is 14.0. The molecule has 4 rings (SSSR count). The molecule has 3 aromatic rings.